The number of ether oxygens (including phenoxy) is 1. The van der Waals surface area contributed by atoms with E-state index < -0.39 is 0 Å². The highest BCUT2D eigenvalue weighted by atomic mass is 16.6. The Hall–Kier alpha value is -3.80. The molecule has 1 heterocycles. The van der Waals surface area contributed by atoms with Gasteiger partial charge in [-0.15, -0.1) is 0 Å². The second kappa shape index (κ2) is 11.0. The van der Waals surface area contributed by atoms with Gasteiger partial charge in [0.25, 0.3) is 11.8 Å². The van der Waals surface area contributed by atoms with E-state index in [-0.39, 0.29) is 18.4 Å². The molecule has 0 spiro atoms. The van der Waals surface area contributed by atoms with Crippen molar-refractivity contribution in [1.29, 1.82) is 0 Å². The molecule has 0 unspecified atom stereocenters. The van der Waals surface area contributed by atoms with Gasteiger partial charge in [-0.3, -0.25) is 14.4 Å². The summed E-state index contributed by atoms with van der Waals surface area (Å²) in [6.45, 7) is 1.62. The molecule has 0 saturated carbocycles. The third kappa shape index (κ3) is 6.35. The van der Waals surface area contributed by atoms with Crippen LogP contribution in [0.3, 0.4) is 0 Å². The first kappa shape index (κ1) is 22.9. The number of hydroxylamine groups is 1. The van der Waals surface area contributed by atoms with Gasteiger partial charge in [0.2, 0.25) is 0 Å². The Bertz CT molecular complexity index is 1140. The van der Waals surface area contributed by atoms with Crippen LogP contribution in [0.4, 0.5) is 0 Å². The highest BCUT2D eigenvalue weighted by Crippen LogP contribution is 2.21. The van der Waals surface area contributed by atoms with Crippen LogP contribution < -0.4 is 15.5 Å². The smallest absolute Gasteiger partial charge is 0.274 e. The molecule has 8 heteroatoms. The van der Waals surface area contributed by atoms with Crippen LogP contribution in [0.1, 0.15) is 26.4 Å². The van der Waals surface area contributed by atoms with Crippen molar-refractivity contribution >= 4 is 22.7 Å². The summed E-state index contributed by atoms with van der Waals surface area (Å²) in [7, 11) is 5.36. The largest absolute Gasteiger partial charge is 0.492 e. The molecular formula is C24H26N4O4. The molecule has 0 atom stereocenters. The first-order valence-electron chi connectivity index (χ1n) is 10.1. The maximum absolute atomic E-state index is 12.4. The van der Waals surface area contributed by atoms with E-state index in [4.69, 9.17) is 4.74 Å². The molecule has 3 N–H and O–H groups in total. The van der Waals surface area contributed by atoms with Crippen molar-refractivity contribution < 1.29 is 19.2 Å². The van der Waals surface area contributed by atoms with Gasteiger partial charge in [-0.1, -0.05) is 11.8 Å². The number of carbonyl (C=O) groups excluding carboxylic acids is 2. The topological polar surface area (TPSA) is 95.7 Å². The highest BCUT2D eigenvalue weighted by molar-refractivity contribution is 5.98. The third-order valence-electron chi connectivity index (χ3n) is 4.56. The van der Waals surface area contributed by atoms with Gasteiger partial charge in [0.05, 0.1) is 13.7 Å². The van der Waals surface area contributed by atoms with Crippen molar-refractivity contribution in [2.75, 3.05) is 40.9 Å². The number of likely N-dealkylation sites (N-methyl/N-ethyl adjacent to an activating group) is 1. The molecule has 0 bridgehead atoms. The quantitative estimate of drug-likeness (QED) is 0.373. The van der Waals surface area contributed by atoms with E-state index >= 15 is 0 Å². The molecule has 0 aliphatic carbocycles. The van der Waals surface area contributed by atoms with Gasteiger partial charge in [-0.05, 0) is 62.6 Å². The van der Waals surface area contributed by atoms with E-state index in [0.717, 1.165) is 28.8 Å². The van der Waals surface area contributed by atoms with Crippen LogP contribution in [-0.4, -0.2) is 62.6 Å². The lowest BCUT2D eigenvalue weighted by molar-refractivity contribution is 0.0537. The molecule has 2 amide bonds. The number of aromatic nitrogens is 1. The average molecular weight is 434 g/mol. The molecule has 8 nitrogen and oxygen atoms in total. The number of benzene rings is 2. The summed E-state index contributed by atoms with van der Waals surface area (Å²) < 4.78 is 5.75. The first-order valence-corrected chi connectivity index (χ1v) is 10.1. The number of H-pyrrole nitrogens is 1. The molecule has 1 aromatic heterocycles. The molecule has 3 rings (SSSR count). The fourth-order valence-corrected chi connectivity index (χ4v) is 2.89. The zero-order valence-electron chi connectivity index (χ0n) is 18.3. The maximum Gasteiger partial charge on any atom is 0.274 e. The van der Waals surface area contributed by atoms with Crippen molar-refractivity contribution in [2.45, 2.75) is 0 Å². The van der Waals surface area contributed by atoms with Crippen LogP contribution in [0, 0.1) is 11.8 Å². The number of amides is 2. The molecule has 0 saturated heterocycles. The Labute approximate surface area is 186 Å². The van der Waals surface area contributed by atoms with Crippen molar-refractivity contribution in [1.82, 2.24) is 20.7 Å². The van der Waals surface area contributed by atoms with E-state index in [0.29, 0.717) is 17.9 Å². The molecule has 32 heavy (non-hydrogen) atoms. The first-order chi connectivity index (χ1) is 15.5. The van der Waals surface area contributed by atoms with Crippen molar-refractivity contribution in [3.63, 3.8) is 0 Å². The lowest BCUT2D eigenvalue weighted by Crippen LogP contribution is -2.23. The fourth-order valence-electron chi connectivity index (χ4n) is 2.89. The monoisotopic (exact) mass is 434 g/mol. The summed E-state index contributed by atoms with van der Waals surface area (Å²) in [6, 6.07) is 14.2. The number of fused-ring (bicyclic) bond motifs is 1. The number of hydrogen-bond acceptors (Lipinski definition) is 5. The maximum atomic E-state index is 12.4. The molecule has 166 valence electrons. The highest BCUT2D eigenvalue weighted by Gasteiger charge is 2.09. The molecule has 3 aromatic rings. The van der Waals surface area contributed by atoms with Crippen molar-refractivity contribution in [2.24, 2.45) is 0 Å². The Morgan fingerprint density at radius 2 is 1.84 bits per heavy atom. The fraction of sp³-hybridized carbons (Fsp3) is 0.250. The Morgan fingerprint density at radius 3 is 2.56 bits per heavy atom. The van der Waals surface area contributed by atoms with Crippen LogP contribution in [-0.2, 0) is 4.84 Å². The van der Waals surface area contributed by atoms with Gasteiger partial charge in [-0.25, -0.2) is 5.48 Å². The van der Waals surface area contributed by atoms with Crippen LogP contribution in [0.15, 0.2) is 48.5 Å². The average Bonchev–Trinajstić information content (AvgIpc) is 3.20. The number of rotatable bonds is 8. The van der Waals surface area contributed by atoms with E-state index in [2.05, 4.69) is 37.4 Å². The van der Waals surface area contributed by atoms with Gasteiger partial charge in [0.1, 0.15) is 18.1 Å². The summed E-state index contributed by atoms with van der Waals surface area (Å²) in [5, 5.41) is 3.68. The second-order valence-electron chi connectivity index (χ2n) is 7.28. The van der Waals surface area contributed by atoms with Crippen LogP contribution in [0.25, 0.3) is 10.9 Å². The Kier molecular flexibility index (Phi) is 7.86. The lowest BCUT2D eigenvalue weighted by Gasteiger charge is -2.10. The van der Waals surface area contributed by atoms with Crippen LogP contribution in [0.5, 0.6) is 5.75 Å². The Morgan fingerprint density at radius 1 is 1.06 bits per heavy atom. The normalized spacial score (nSPS) is 10.5. The minimum absolute atomic E-state index is 0.193. The van der Waals surface area contributed by atoms with Crippen molar-refractivity contribution in [3.8, 4) is 17.6 Å². The van der Waals surface area contributed by atoms with Gasteiger partial charge in [-0.2, -0.15) is 0 Å². The number of hydrogen-bond donors (Lipinski definition) is 3. The predicted molar refractivity (Wildman–Crippen MR) is 122 cm³/mol. The molecule has 0 aliphatic rings. The van der Waals surface area contributed by atoms with Gasteiger partial charge < -0.3 is 19.9 Å². The summed E-state index contributed by atoms with van der Waals surface area (Å²) in [6.07, 6.45) is 0. The van der Waals surface area contributed by atoms with Crippen LogP contribution >= 0.6 is 0 Å². The van der Waals surface area contributed by atoms with Crippen molar-refractivity contribution in [3.05, 3.63) is 65.4 Å². The Balaban J connectivity index is 1.54. The number of carbonyl (C=O) groups is 2. The zero-order chi connectivity index (χ0) is 22.9. The molecule has 0 aliphatic heterocycles. The lowest BCUT2D eigenvalue weighted by atomic mass is 10.1. The number of nitrogens with one attached hydrogen (secondary N) is 3. The SMILES string of the molecule is CONC(=O)c1ccc(C#CCNC(=O)c2cc3cc(OCCN(C)C)ccc3[nH]2)cc1. The molecule has 0 radical (unpaired) electrons. The van der Waals surface area contributed by atoms with Gasteiger partial charge >= 0.3 is 0 Å². The number of nitrogens with zero attached hydrogens (tertiary/aromatic N) is 1. The second-order valence-corrected chi connectivity index (χ2v) is 7.28. The van der Waals surface area contributed by atoms with E-state index in [1.807, 2.05) is 32.3 Å². The minimum atomic E-state index is -0.329. The summed E-state index contributed by atoms with van der Waals surface area (Å²) in [4.78, 5) is 33.8. The summed E-state index contributed by atoms with van der Waals surface area (Å²) >= 11 is 0. The summed E-state index contributed by atoms with van der Waals surface area (Å²) in [5.74, 6) is 6.06. The summed E-state index contributed by atoms with van der Waals surface area (Å²) in [5.41, 5.74) is 4.78. The van der Waals surface area contributed by atoms with Crippen LogP contribution in [0.2, 0.25) is 0 Å². The van der Waals surface area contributed by atoms with E-state index in [1.165, 1.54) is 7.11 Å². The van der Waals surface area contributed by atoms with Gasteiger partial charge in [0.15, 0.2) is 0 Å². The molecule has 2 aromatic carbocycles. The standard InChI is InChI=1S/C24H26N4O4/c1-28(2)13-14-32-20-10-11-21-19(15-20)16-22(26-21)24(30)25-12-4-5-17-6-8-18(9-7-17)23(29)27-31-3/h6-11,15-16,26H,12-14H2,1-3H3,(H,25,30)(H,27,29). The number of aromatic amines is 1. The molecule has 0 fully saturated rings. The van der Waals surface area contributed by atoms with E-state index in [1.54, 1.807) is 30.3 Å². The predicted octanol–water partition coefficient (Wildman–Crippen LogP) is 2.18. The third-order valence-corrected chi connectivity index (χ3v) is 4.56. The molecular weight excluding hydrogens is 408 g/mol. The minimum Gasteiger partial charge on any atom is -0.492 e. The zero-order valence-corrected chi connectivity index (χ0v) is 18.3. The van der Waals surface area contributed by atoms with E-state index in [9.17, 15) is 9.59 Å². The van der Waals surface area contributed by atoms with Gasteiger partial charge in [0, 0.05) is 28.6 Å².